The van der Waals surface area contributed by atoms with E-state index in [0.717, 1.165) is 6.92 Å². The Morgan fingerprint density at radius 1 is 1.11 bits per heavy atom. The molecule has 0 fully saturated rings. The van der Waals surface area contributed by atoms with E-state index in [1.54, 1.807) is 31.2 Å². The lowest BCUT2D eigenvalue weighted by Gasteiger charge is -2.11. The molecule has 0 aromatic heterocycles. The van der Waals surface area contributed by atoms with Gasteiger partial charge < -0.3 is 0 Å². The molecule has 1 N–H and O–H groups in total. The van der Waals surface area contributed by atoms with Crippen LogP contribution in [0.25, 0.3) is 0 Å². The molecule has 2 aromatic carbocycles. The van der Waals surface area contributed by atoms with Gasteiger partial charge >= 0.3 is 0 Å². The fourth-order valence-electron chi connectivity index (χ4n) is 2.51. The Morgan fingerprint density at radius 2 is 1.75 bits per heavy atom. The minimum Gasteiger partial charge on any atom is -0.274 e. The molecule has 0 aliphatic carbocycles. The highest BCUT2D eigenvalue weighted by atomic mass is 32.2. The summed E-state index contributed by atoms with van der Waals surface area (Å²) in [7, 11) is -3.91. The van der Waals surface area contributed by atoms with Crippen molar-refractivity contribution in [3.05, 3.63) is 54.6 Å². The van der Waals surface area contributed by atoms with E-state index < -0.39 is 22.0 Å². The number of nitrogens with zero attached hydrogens (tertiary/aromatic N) is 4. The number of sulfonamides is 1. The molecule has 1 aliphatic heterocycles. The van der Waals surface area contributed by atoms with Gasteiger partial charge in [0.05, 0.1) is 22.0 Å². The Bertz CT molecular complexity index is 1060. The van der Waals surface area contributed by atoms with Gasteiger partial charge in [-0.25, -0.2) is 13.1 Å². The van der Waals surface area contributed by atoms with Crippen molar-refractivity contribution in [2.24, 2.45) is 15.3 Å². The maximum Gasteiger partial charge on any atom is 0.280 e. The first kappa shape index (κ1) is 19.4. The number of carbonyl (C=O) groups excluding carboxylic acids is 2. The molecule has 0 spiro atoms. The molecule has 0 bridgehead atoms. The van der Waals surface area contributed by atoms with Gasteiger partial charge in [-0.15, -0.1) is 0 Å². The quantitative estimate of drug-likeness (QED) is 0.776. The molecule has 0 saturated carbocycles. The zero-order chi connectivity index (χ0) is 20.3. The molecule has 1 aliphatic rings. The number of benzene rings is 2. The SMILES string of the molecule is CC(=O)NS(=O)(=O)c1ccc(N=NC2C(=O)N(c3ccccc3)N=C2C)cc1. The Hall–Kier alpha value is -3.40. The zero-order valence-corrected chi connectivity index (χ0v) is 15.9. The smallest absolute Gasteiger partial charge is 0.274 e. The molecule has 144 valence electrons. The summed E-state index contributed by atoms with van der Waals surface area (Å²) in [6, 6.07) is 13.6. The number of rotatable bonds is 5. The van der Waals surface area contributed by atoms with E-state index in [4.69, 9.17) is 0 Å². The third kappa shape index (κ3) is 4.12. The van der Waals surface area contributed by atoms with Crippen molar-refractivity contribution in [1.29, 1.82) is 0 Å². The third-order valence-electron chi connectivity index (χ3n) is 3.81. The number of carbonyl (C=O) groups is 2. The van der Waals surface area contributed by atoms with Crippen LogP contribution in [0.2, 0.25) is 0 Å². The van der Waals surface area contributed by atoms with Gasteiger partial charge in [0.15, 0.2) is 6.04 Å². The van der Waals surface area contributed by atoms with Crippen molar-refractivity contribution in [3.63, 3.8) is 0 Å². The van der Waals surface area contributed by atoms with Crippen LogP contribution < -0.4 is 9.73 Å². The highest BCUT2D eigenvalue weighted by Crippen LogP contribution is 2.23. The molecule has 9 nitrogen and oxygen atoms in total. The van der Waals surface area contributed by atoms with E-state index in [-0.39, 0.29) is 10.8 Å². The van der Waals surface area contributed by atoms with Crippen molar-refractivity contribution in [2.75, 3.05) is 5.01 Å². The molecule has 0 saturated heterocycles. The summed E-state index contributed by atoms with van der Waals surface area (Å²) < 4.78 is 25.7. The molecule has 1 atom stereocenters. The van der Waals surface area contributed by atoms with Gasteiger partial charge in [-0.05, 0) is 43.3 Å². The number of nitrogens with one attached hydrogen (secondary N) is 1. The number of hydrogen-bond donors (Lipinski definition) is 1. The van der Waals surface area contributed by atoms with E-state index in [1.165, 1.54) is 29.3 Å². The second-order valence-corrected chi connectivity index (χ2v) is 7.68. The summed E-state index contributed by atoms with van der Waals surface area (Å²) >= 11 is 0. The zero-order valence-electron chi connectivity index (χ0n) is 15.1. The second kappa shape index (κ2) is 7.69. The molecule has 1 unspecified atom stereocenters. The third-order valence-corrected chi connectivity index (χ3v) is 5.26. The van der Waals surface area contributed by atoms with Gasteiger partial charge in [0.1, 0.15) is 0 Å². The number of amides is 2. The maximum absolute atomic E-state index is 12.6. The molecule has 0 radical (unpaired) electrons. The minimum absolute atomic E-state index is 0.0772. The summed E-state index contributed by atoms with van der Waals surface area (Å²) in [5.74, 6) is -1.00. The predicted molar refractivity (Wildman–Crippen MR) is 103 cm³/mol. The Kier molecular flexibility index (Phi) is 5.32. The van der Waals surface area contributed by atoms with Gasteiger partial charge in [0, 0.05) is 6.92 Å². The standard InChI is InChI=1S/C18H17N5O4S/c1-12-17(18(25)23(21-12)15-6-4-3-5-7-15)20-19-14-8-10-16(11-9-14)28(26,27)22-13(2)24/h3-11,17H,1-2H3,(H,22,24). The topological polar surface area (TPSA) is 121 Å². The van der Waals surface area contributed by atoms with Crippen LogP contribution in [0.1, 0.15) is 13.8 Å². The molecular weight excluding hydrogens is 382 g/mol. The highest BCUT2D eigenvalue weighted by Gasteiger charge is 2.34. The monoisotopic (exact) mass is 399 g/mol. The van der Waals surface area contributed by atoms with Gasteiger partial charge in [0.25, 0.3) is 15.9 Å². The number of hydrogen-bond acceptors (Lipinski definition) is 7. The van der Waals surface area contributed by atoms with E-state index in [1.807, 2.05) is 10.8 Å². The van der Waals surface area contributed by atoms with E-state index >= 15 is 0 Å². The van der Waals surface area contributed by atoms with Crippen molar-refractivity contribution < 1.29 is 18.0 Å². The highest BCUT2D eigenvalue weighted by molar-refractivity contribution is 7.90. The number of para-hydroxylation sites is 1. The fraction of sp³-hybridized carbons (Fsp3) is 0.167. The average molecular weight is 399 g/mol. The molecule has 2 aromatic rings. The fourth-order valence-corrected chi connectivity index (χ4v) is 3.50. The summed E-state index contributed by atoms with van der Waals surface area (Å²) in [5.41, 5.74) is 1.50. The summed E-state index contributed by atoms with van der Waals surface area (Å²) in [4.78, 5) is 23.5. The first-order valence-corrected chi connectivity index (χ1v) is 9.75. The van der Waals surface area contributed by atoms with Crippen LogP contribution in [-0.4, -0.2) is 32.0 Å². The normalized spacial score (nSPS) is 17.1. The van der Waals surface area contributed by atoms with Crippen LogP contribution in [0.3, 0.4) is 0 Å². The molecule has 2 amide bonds. The van der Waals surface area contributed by atoms with Crippen molar-refractivity contribution in [2.45, 2.75) is 24.8 Å². The molecule has 10 heteroatoms. The summed E-state index contributed by atoms with van der Waals surface area (Å²) in [6.07, 6.45) is 0. The Balaban J connectivity index is 1.75. The summed E-state index contributed by atoms with van der Waals surface area (Å²) in [5, 5.41) is 13.6. The van der Waals surface area contributed by atoms with E-state index in [2.05, 4.69) is 15.3 Å². The Labute approximate surface area is 161 Å². The van der Waals surface area contributed by atoms with E-state index in [0.29, 0.717) is 17.1 Å². The molecular formula is C18H17N5O4S. The van der Waals surface area contributed by atoms with Crippen LogP contribution in [0.15, 0.2) is 74.8 Å². The van der Waals surface area contributed by atoms with Crippen molar-refractivity contribution in [1.82, 2.24) is 4.72 Å². The van der Waals surface area contributed by atoms with Crippen molar-refractivity contribution >= 4 is 38.9 Å². The number of anilines is 1. The average Bonchev–Trinajstić information content (AvgIpc) is 2.94. The van der Waals surface area contributed by atoms with E-state index in [9.17, 15) is 18.0 Å². The summed E-state index contributed by atoms with van der Waals surface area (Å²) in [6.45, 7) is 2.80. The van der Waals surface area contributed by atoms with Crippen LogP contribution in [0.4, 0.5) is 11.4 Å². The molecule has 3 rings (SSSR count). The maximum atomic E-state index is 12.6. The number of azo groups is 1. The largest absolute Gasteiger partial charge is 0.280 e. The van der Waals surface area contributed by atoms with Crippen LogP contribution in [0.5, 0.6) is 0 Å². The number of hydrazone groups is 1. The lowest BCUT2D eigenvalue weighted by atomic mass is 10.2. The van der Waals surface area contributed by atoms with Crippen LogP contribution in [0, 0.1) is 0 Å². The van der Waals surface area contributed by atoms with Gasteiger partial charge in [-0.3, -0.25) is 9.59 Å². The van der Waals surface area contributed by atoms with Crippen LogP contribution >= 0.6 is 0 Å². The molecule has 28 heavy (non-hydrogen) atoms. The molecule has 1 heterocycles. The van der Waals surface area contributed by atoms with Crippen LogP contribution in [-0.2, 0) is 19.6 Å². The van der Waals surface area contributed by atoms with Gasteiger partial charge in [0.2, 0.25) is 5.91 Å². The second-order valence-electron chi connectivity index (χ2n) is 6.00. The lowest BCUT2D eigenvalue weighted by Crippen LogP contribution is -2.29. The minimum atomic E-state index is -3.91. The van der Waals surface area contributed by atoms with Gasteiger partial charge in [-0.2, -0.15) is 20.3 Å². The van der Waals surface area contributed by atoms with Gasteiger partial charge in [-0.1, -0.05) is 18.2 Å². The first-order valence-electron chi connectivity index (χ1n) is 8.26. The first-order chi connectivity index (χ1) is 13.3. The lowest BCUT2D eigenvalue weighted by molar-refractivity contribution is -0.118. The predicted octanol–water partition coefficient (Wildman–Crippen LogP) is 2.39. The Morgan fingerprint density at radius 3 is 2.36 bits per heavy atom. The van der Waals surface area contributed by atoms with Crippen molar-refractivity contribution in [3.8, 4) is 0 Å².